The van der Waals surface area contributed by atoms with Gasteiger partial charge in [0, 0.05) is 17.6 Å². The Kier molecular flexibility index (Phi) is 8.18. The number of halogens is 1. The molecule has 31 heavy (non-hydrogen) atoms. The summed E-state index contributed by atoms with van der Waals surface area (Å²) in [7, 11) is 1.60. The molecule has 6 nitrogen and oxygen atoms in total. The molecule has 0 aliphatic heterocycles. The molecule has 0 radical (unpaired) electrons. The van der Waals surface area contributed by atoms with E-state index in [0.29, 0.717) is 16.5 Å². The molecule has 0 spiro atoms. The number of nitrogens with one attached hydrogen (secondary N) is 1. The Morgan fingerprint density at radius 1 is 1.13 bits per heavy atom. The van der Waals surface area contributed by atoms with Gasteiger partial charge in [-0.1, -0.05) is 42.6 Å². The van der Waals surface area contributed by atoms with E-state index in [2.05, 4.69) is 5.32 Å². The van der Waals surface area contributed by atoms with Gasteiger partial charge in [0.2, 0.25) is 5.91 Å². The van der Waals surface area contributed by atoms with Gasteiger partial charge in [-0.05, 0) is 55.7 Å². The zero-order valence-electron chi connectivity index (χ0n) is 18.0. The summed E-state index contributed by atoms with van der Waals surface area (Å²) < 4.78 is 10.9. The fourth-order valence-electron chi connectivity index (χ4n) is 3.73. The highest BCUT2D eigenvalue weighted by molar-refractivity contribution is 6.30. The molecule has 1 atom stereocenters. The quantitative estimate of drug-likeness (QED) is 0.629. The van der Waals surface area contributed by atoms with E-state index >= 15 is 0 Å². The zero-order chi connectivity index (χ0) is 22.2. The lowest BCUT2D eigenvalue weighted by atomic mass is 10.1. The van der Waals surface area contributed by atoms with E-state index in [1.165, 1.54) is 0 Å². The summed E-state index contributed by atoms with van der Waals surface area (Å²) >= 11 is 5.99. The number of hydrogen-bond acceptors (Lipinski definition) is 4. The second-order valence-corrected chi connectivity index (χ2v) is 8.22. The minimum absolute atomic E-state index is 0.147. The van der Waals surface area contributed by atoms with Crippen LogP contribution in [0.15, 0.2) is 48.5 Å². The number of carbonyl (C=O) groups excluding carboxylic acids is 2. The Morgan fingerprint density at radius 3 is 2.55 bits per heavy atom. The first kappa shape index (κ1) is 22.9. The van der Waals surface area contributed by atoms with Crippen molar-refractivity contribution in [3.63, 3.8) is 0 Å². The van der Waals surface area contributed by atoms with E-state index in [9.17, 15) is 9.59 Å². The molecule has 0 saturated heterocycles. The maximum absolute atomic E-state index is 13.1. The van der Waals surface area contributed by atoms with E-state index < -0.39 is 6.04 Å². The van der Waals surface area contributed by atoms with Crippen molar-refractivity contribution in [1.29, 1.82) is 0 Å². The fourth-order valence-corrected chi connectivity index (χ4v) is 3.91. The maximum atomic E-state index is 13.1. The molecule has 3 rings (SSSR count). The average Bonchev–Trinajstić information content (AvgIpc) is 3.28. The Labute approximate surface area is 188 Å². The third kappa shape index (κ3) is 6.62. The van der Waals surface area contributed by atoms with Crippen LogP contribution in [0.1, 0.15) is 38.2 Å². The number of amides is 2. The first-order chi connectivity index (χ1) is 15.0. The molecule has 0 heterocycles. The molecule has 1 aliphatic rings. The number of methoxy groups -OCH3 is 1. The van der Waals surface area contributed by atoms with E-state index in [1.807, 2.05) is 24.3 Å². The van der Waals surface area contributed by atoms with Crippen LogP contribution in [0.3, 0.4) is 0 Å². The first-order valence-electron chi connectivity index (χ1n) is 10.6. The van der Waals surface area contributed by atoms with Crippen molar-refractivity contribution in [2.24, 2.45) is 0 Å². The lowest BCUT2D eigenvalue weighted by Crippen LogP contribution is -2.50. The minimum Gasteiger partial charge on any atom is -0.497 e. The van der Waals surface area contributed by atoms with Crippen molar-refractivity contribution in [1.82, 2.24) is 10.2 Å². The number of benzene rings is 2. The number of rotatable bonds is 9. The van der Waals surface area contributed by atoms with Crippen LogP contribution in [-0.4, -0.2) is 42.5 Å². The van der Waals surface area contributed by atoms with Crippen LogP contribution >= 0.6 is 11.6 Å². The van der Waals surface area contributed by atoms with Gasteiger partial charge in [0.05, 0.1) is 7.11 Å². The molecule has 1 aliphatic carbocycles. The largest absolute Gasteiger partial charge is 0.497 e. The molecule has 2 amide bonds. The standard InChI is InChI=1S/C24H29ClN2O4/c1-17(24(29)26-20-9-3-4-10-20)27(15-18-7-5-11-21(13-18)30-2)23(28)16-31-22-12-6-8-19(25)14-22/h5-8,11-14,17,20H,3-4,9-10,15-16H2,1-2H3,(H,26,29). The van der Waals surface area contributed by atoms with Gasteiger partial charge in [-0.3, -0.25) is 9.59 Å². The number of hydrogen-bond donors (Lipinski definition) is 1. The van der Waals surface area contributed by atoms with Gasteiger partial charge in [0.25, 0.3) is 5.91 Å². The fraction of sp³-hybridized carbons (Fsp3) is 0.417. The van der Waals surface area contributed by atoms with Crippen LogP contribution in [0.5, 0.6) is 11.5 Å². The van der Waals surface area contributed by atoms with Crippen molar-refractivity contribution < 1.29 is 19.1 Å². The van der Waals surface area contributed by atoms with E-state index in [-0.39, 0.29) is 31.0 Å². The van der Waals surface area contributed by atoms with E-state index in [4.69, 9.17) is 21.1 Å². The predicted molar refractivity (Wildman–Crippen MR) is 120 cm³/mol. The number of ether oxygens (including phenoxy) is 2. The molecule has 1 unspecified atom stereocenters. The lowest BCUT2D eigenvalue weighted by molar-refractivity contribution is -0.142. The summed E-state index contributed by atoms with van der Waals surface area (Å²) in [5.74, 6) is 0.774. The van der Waals surface area contributed by atoms with Crippen LogP contribution in [0.4, 0.5) is 0 Å². The van der Waals surface area contributed by atoms with Crippen LogP contribution in [0, 0.1) is 0 Å². The molecule has 166 valence electrons. The molecule has 2 aromatic rings. The normalized spacial score (nSPS) is 14.7. The number of carbonyl (C=O) groups is 2. The Hall–Kier alpha value is -2.73. The van der Waals surface area contributed by atoms with Crippen LogP contribution in [0.25, 0.3) is 0 Å². The summed E-state index contributed by atoms with van der Waals surface area (Å²) in [5, 5.41) is 3.62. The second kappa shape index (κ2) is 11.0. The van der Waals surface area contributed by atoms with Crippen LogP contribution in [-0.2, 0) is 16.1 Å². The van der Waals surface area contributed by atoms with E-state index in [0.717, 1.165) is 31.2 Å². The topological polar surface area (TPSA) is 67.9 Å². The zero-order valence-corrected chi connectivity index (χ0v) is 18.7. The summed E-state index contributed by atoms with van der Waals surface area (Å²) in [5.41, 5.74) is 0.871. The smallest absolute Gasteiger partial charge is 0.261 e. The molecule has 1 saturated carbocycles. The molecule has 0 aromatic heterocycles. The molecule has 1 N–H and O–H groups in total. The number of nitrogens with zero attached hydrogens (tertiary/aromatic N) is 1. The Bertz CT molecular complexity index is 899. The first-order valence-corrected chi connectivity index (χ1v) is 10.9. The third-order valence-corrected chi connectivity index (χ3v) is 5.75. The molecule has 7 heteroatoms. The van der Waals surface area contributed by atoms with Crippen molar-refractivity contribution in [3.05, 3.63) is 59.1 Å². The maximum Gasteiger partial charge on any atom is 0.261 e. The van der Waals surface area contributed by atoms with Gasteiger partial charge >= 0.3 is 0 Å². The van der Waals surface area contributed by atoms with Gasteiger partial charge in [0.1, 0.15) is 17.5 Å². The molecule has 0 bridgehead atoms. The van der Waals surface area contributed by atoms with Crippen molar-refractivity contribution >= 4 is 23.4 Å². The monoisotopic (exact) mass is 444 g/mol. The molecule has 1 fully saturated rings. The van der Waals surface area contributed by atoms with Gasteiger partial charge < -0.3 is 19.7 Å². The van der Waals surface area contributed by atoms with E-state index in [1.54, 1.807) is 43.2 Å². The molecular weight excluding hydrogens is 416 g/mol. The predicted octanol–water partition coefficient (Wildman–Crippen LogP) is 4.20. The summed E-state index contributed by atoms with van der Waals surface area (Å²) in [6.45, 7) is 1.83. The highest BCUT2D eigenvalue weighted by Crippen LogP contribution is 2.20. The van der Waals surface area contributed by atoms with Crippen molar-refractivity contribution in [2.75, 3.05) is 13.7 Å². The van der Waals surface area contributed by atoms with Crippen molar-refractivity contribution in [3.8, 4) is 11.5 Å². The lowest BCUT2D eigenvalue weighted by Gasteiger charge is -2.29. The minimum atomic E-state index is -0.637. The van der Waals surface area contributed by atoms with Crippen LogP contribution < -0.4 is 14.8 Å². The van der Waals surface area contributed by atoms with Crippen molar-refractivity contribution in [2.45, 2.75) is 51.2 Å². The molecular formula is C24H29ClN2O4. The van der Waals surface area contributed by atoms with Gasteiger partial charge in [-0.2, -0.15) is 0 Å². The van der Waals surface area contributed by atoms with Crippen LogP contribution in [0.2, 0.25) is 5.02 Å². The Balaban J connectivity index is 1.72. The average molecular weight is 445 g/mol. The van der Waals surface area contributed by atoms with Gasteiger partial charge in [-0.25, -0.2) is 0 Å². The second-order valence-electron chi connectivity index (χ2n) is 7.79. The summed E-state index contributed by atoms with van der Waals surface area (Å²) in [6, 6.07) is 13.9. The highest BCUT2D eigenvalue weighted by Gasteiger charge is 2.28. The third-order valence-electron chi connectivity index (χ3n) is 5.51. The van der Waals surface area contributed by atoms with Gasteiger partial charge in [0.15, 0.2) is 6.61 Å². The van der Waals surface area contributed by atoms with Gasteiger partial charge in [-0.15, -0.1) is 0 Å². The molecule has 2 aromatic carbocycles. The Morgan fingerprint density at radius 2 is 1.84 bits per heavy atom. The highest BCUT2D eigenvalue weighted by atomic mass is 35.5. The SMILES string of the molecule is COc1cccc(CN(C(=O)COc2cccc(Cl)c2)C(C)C(=O)NC2CCCC2)c1. The summed E-state index contributed by atoms with van der Waals surface area (Å²) in [4.78, 5) is 27.5. The summed E-state index contributed by atoms with van der Waals surface area (Å²) in [6.07, 6.45) is 4.22.